The van der Waals surface area contributed by atoms with Crippen molar-refractivity contribution in [2.75, 3.05) is 13.1 Å². The molecule has 18 heavy (non-hydrogen) atoms. The maximum atomic E-state index is 10.1. The van der Waals surface area contributed by atoms with Crippen LogP contribution in [-0.2, 0) is 6.54 Å². The molecule has 1 aliphatic heterocycles. The van der Waals surface area contributed by atoms with Crippen LogP contribution in [0.2, 0.25) is 0 Å². The molecular formula is C13H18N4O. The first-order valence-corrected chi connectivity index (χ1v) is 6.15. The molecule has 0 spiro atoms. The molecule has 0 radical (unpaired) electrons. The predicted octanol–water partition coefficient (Wildman–Crippen LogP) is 2.32. The molecule has 1 unspecified atom stereocenters. The normalized spacial score (nSPS) is 28.7. The lowest BCUT2D eigenvalue weighted by atomic mass is 9.87. The Balaban J connectivity index is 1.98. The second-order valence-corrected chi connectivity index (χ2v) is 5.03. The summed E-state index contributed by atoms with van der Waals surface area (Å²) in [6, 6.07) is 10.2. The number of hydrogen-bond donors (Lipinski definition) is 1. The van der Waals surface area contributed by atoms with Crippen LogP contribution in [-0.4, -0.2) is 34.7 Å². The first-order chi connectivity index (χ1) is 8.64. The van der Waals surface area contributed by atoms with Crippen molar-refractivity contribution in [3.05, 3.63) is 46.3 Å². The molecule has 1 aliphatic rings. The molecule has 96 valence electrons. The van der Waals surface area contributed by atoms with Crippen LogP contribution in [0.3, 0.4) is 0 Å². The Bertz CT molecular complexity index is 444. The van der Waals surface area contributed by atoms with Gasteiger partial charge in [-0.25, -0.2) is 0 Å². The number of β-amino-alcohol motifs (C(OH)–C–C–N with tert-alkyl or cyclic N) is 1. The van der Waals surface area contributed by atoms with Crippen molar-refractivity contribution in [3.8, 4) is 0 Å². The Labute approximate surface area is 107 Å². The van der Waals surface area contributed by atoms with Crippen LogP contribution in [0.15, 0.2) is 35.4 Å². The largest absolute Gasteiger partial charge is 0.391 e. The maximum Gasteiger partial charge on any atom is 0.0777 e. The lowest BCUT2D eigenvalue weighted by Crippen LogP contribution is -2.52. The highest BCUT2D eigenvalue weighted by Gasteiger charge is 2.37. The fourth-order valence-electron chi connectivity index (χ4n) is 2.29. The van der Waals surface area contributed by atoms with Crippen molar-refractivity contribution < 1.29 is 5.11 Å². The van der Waals surface area contributed by atoms with E-state index >= 15 is 0 Å². The Hall–Kier alpha value is -1.55. The molecule has 0 bridgehead atoms. The minimum Gasteiger partial charge on any atom is -0.391 e. The third-order valence-corrected chi connectivity index (χ3v) is 3.61. The van der Waals surface area contributed by atoms with Crippen molar-refractivity contribution in [1.82, 2.24) is 4.90 Å². The number of nitrogens with zero attached hydrogens (tertiary/aromatic N) is 4. The first-order valence-electron chi connectivity index (χ1n) is 6.15. The first kappa shape index (κ1) is 12.9. The van der Waals surface area contributed by atoms with Crippen LogP contribution in [0.4, 0.5) is 0 Å². The minimum atomic E-state index is -0.665. The summed E-state index contributed by atoms with van der Waals surface area (Å²) in [7, 11) is 0. The lowest BCUT2D eigenvalue weighted by Gasteiger charge is -2.40. The topological polar surface area (TPSA) is 72.2 Å². The second kappa shape index (κ2) is 5.40. The van der Waals surface area contributed by atoms with Gasteiger partial charge in [0.25, 0.3) is 0 Å². The van der Waals surface area contributed by atoms with Crippen LogP contribution in [0.5, 0.6) is 0 Å². The van der Waals surface area contributed by atoms with Gasteiger partial charge in [0.15, 0.2) is 0 Å². The van der Waals surface area contributed by atoms with Gasteiger partial charge in [-0.15, -0.1) is 0 Å². The van der Waals surface area contributed by atoms with E-state index in [1.54, 1.807) is 0 Å². The maximum absolute atomic E-state index is 10.1. The van der Waals surface area contributed by atoms with Crippen LogP contribution in [0, 0.1) is 0 Å². The molecule has 1 N–H and O–H groups in total. The molecule has 1 fully saturated rings. The lowest BCUT2D eigenvalue weighted by molar-refractivity contribution is 0.00906. The highest BCUT2D eigenvalue weighted by Crippen LogP contribution is 2.27. The molecule has 2 rings (SSSR count). The van der Waals surface area contributed by atoms with E-state index in [9.17, 15) is 5.11 Å². The van der Waals surface area contributed by atoms with Crippen LogP contribution in [0.1, 0.15) is 18.9 Å². The summed E-state index contributed by atoms with van der Waals surface area (Å²) in [5.41, 5.74) is 9.10. The predicted molar refractivity (Wildman–Crippen MR) is 69.9 cm³/mol. The van der Waals surface area contributed by atoms with Gasteiger partial charge >= 0.3 is 0 Å². The van der Waals surface area contributed by atoms with Crippen molar-refractivity contribution in [3.63, 3.8) is 0 Å². The molecule has 0 aromatic heterocycles. The molecule has 1 saturated heterocycles. The fraction of sp³-hybridized carbons (Fsp3) is 0.538. The Morgan fingerprint density at radius 1 is 1.50 bits per heavy atom. The van der Waals surface area contributed by atoms with Gasteiger partial charge in [0.05, 0.1) is 11.6 Å². The van der Waals surface area contributed by atoms with Crippen LogP contribution < -0.4 is 0 Å². The summed E-state index contributed by atoms with van der Waals surface area (Å²) in [6.45, 7) is 4.02. The van der Waals surface area contributed by atoms with Crippen molar-refractivity contribution in [2.45, 2.75) is 31.5 Å². The zero-order chi connectivity index (χ0) is 13.0. The van der Waals surface area contributed by atoms with Gasteiger partial charge < -0.3 is 5.11 Å². The number of benzene rings is 1. The van der Waals surface area contributed by atoms with Gasteiger partial charge in [0, 0.05) is 18.0 Å². The molecule has 0 aliphatic carbocycles. The van der Waals surface area contributed by atoms with Crippen molar-refractivity contribution in [2.24, 2.45) is 5.11 Å². The second-order valence-electron chi connectivity index (χ2n) is 5.03. The summed E-state index contributed by atoms with van der Waals surface area (Å²) in [4.78, 5) is 5.03. The molecule has 2 atom stereocenters. The number of likely N-dealkylation sites (tertiary alicyclic amines) is 1. The highest BCUT2D eigenvalue weighted by molar-refractivity contribution is 5.14. The van der Waals surface area contributed by atoms with Gasteiger partial charge in [0.2, 0.25) is 0 Å². The molecule has 1 heterocycles. The summed E-state index contributed by atoms with van der Waals surface area (Å²) < 4.78 is 0. The number of hydrogen-bond acceptors (Lipinski definition) is 3. The zero-order valence-corrected chi connectivity index (χ0v) is 10.5. The van der Waals surface area contributed by atoms with Gasteiger partial charge in [-0.1, -0.05) is 42.4 Å². The van der Waals surface area contributed by atoms with Crippen LogP contribution in [0.25, 0.3) is 10.4 Å². The minimum absolute atomic E-state index is 0.546. The van der Waals surface area contributed by atoms with E-state index < -0.39 is 11.6 Å². The van der Waals surface area contributed by atoms with E-state index in [0.717, 1.165) is 13.1 Å². The van der Waals surface area contributed by atoms with E-state index in [1.165, 1.54) is 5.56 Å². The third kappa shape index (κ3) is 2.82. The number of piperidine rings is 1. The summed E-state index contributed by atoms with van der Waals surface area (Å²) in [5.74, 6) is 0. The van der Waals surface area contributed by atoms with Crippen molar-refractivity contribution in [1.29, 1.82) is 0 Å². The number of aliphatic hydroxyl groups is 1. The molecular weight excluding hydrogens is 228 g/mol. The quantitative estimate of drug-likeness (QED) is 0.505. The number of aliphatic hydroxyl groups excluding tert-OH is 1. The monoisotopic (exact) mass is 246 g/mol. The van der Waals surface area contributed by atoms with E-state index in [4.69, 9.17) is 5.53 Å². The van der Waals surface area contributed by atoms with Crippen molar-refractivity contribution >= 4 is 0 Å². The Kier molecular flexibility index (Phi) is 3.87. The SMILES string of the molecule is CC1(N=[N+]=[N-])CCN(Cc2ccccc2)C[C@H]1O. The fourth-order valence-corrected chi connectivity index (χ4v) is 2.29. The van der Waals surface area contributed by atoms with Crippen LogP contribution >= 0.6 is 0 Å². The molecule has 1 aromatic carbocycles. The molecule has 0 saturated carbocycles. The van der Waals surface area contributed by atoms with E-state index in [2.05, 4.69) is 27.1 Å². The highest BCUT2D eigenvalue weighted by atomic mass is 16.3. The van der Waals surface area contributed by atoms with E-state index in [0.29, 0.717) is 13.0 Å². The van der Waals surface area contributed by atoms with E-state index in [-0.39, 0.29) is 0 Å². The molecule has 0 amide bonds. The molecule has 5 nitrogen and oxygen atoms in total. The van der Waals surface area contributed by atoms with Gasteiger partial charge in [0.1, 0.15) is 0 Å². The molecule has 1 aromatic rings. The third-order valence-electron chi connectivity index (χ3n) is 3.61. The zero-order valence-electron chi connectivity index (χ0n) is 10.5. The number of azide groups is 1. The van der Waals surface area contributed by atoms with Gasteiger partial charge in [-0.3, -0.25) is 4.90 Å². The summed E-state index contributed by atoms with van der Waals surface area (Å²) in [6.07, 6.45) is 0.0799. The average molecular weight is 246 g/mol. The Morgan fingerprint density at radius 3 is 2.83 bits per heavy atom. The van der Waals surface area contributed by atoms with E-state index in [1.807, 2.05) is 25.1 Å². The van der Waals surface area contributed by atoms with Gasteiger partial charge in [-0.05, 0) is 24.1 Å². The Morgan fingerprint density at radius 2 is 2.22 bits per heavy atom. The smallest absolute Gasteiger partial charge is 0.0777 e. The summed E-state index contributed by atoms with van der Waals surface area (Å²) >= 11 is 0. The standard InChI is InChI=1S/C13H18N4O/c1-13(15-16-14)7-8-17(10-12(13)18)9-11-5-3-2-4-6-11/h2-6,12,18H,7-10H2,1H3/t12-,13?/m1/s1. The molecule has 5 heteroatoms. The summed E-state index contributed by atoms with van der Waals surface area (Å²) in [5, 5.41) is 13.8. The average Bonchev–Trinajstić information content (AvgIpc) is 2.36. The van der Waals surface area contributed by atoms with Gasteiger partial charge in [-0.2, -0.15) is 0 Å². The number of rotatable bonds is 3.